The molecule has 5 nitrogen and oxygen atoms in total. The Morgan fingerprint density at radius 2 is 2.19 bits per heavy atom. The Hall–Kier alpha value is -1.28. The fraction of sp³-hybridized carbons (Fsp3) is 0.400. The first kappa shape index (κ1) is 17.8. The molecule has 0 spiro atoms. The summed E-state index contributed by atoms with van der Waals surface area (Å²) in [7, 11) is 1.67. The monoisotopic (exact) mass is 402 g/mol. The summed E-state index contributed by atoms with van der Waals surface area (Å²) in [6.45, 7) is 3.27. The van der Waals surface area contributed by atoms with E-state index >= 15 is 0 Å². The van der Waals surface area contributed by atoms with E-state index in [1.807, 2.05) is 19.1 Å². The van der Waals surface area contributed by atoms with Crippen LogP contribution >= 0.6 is 24.0 Å². The van der Waals surface area contributed by atoms with Gasteiger partial charge in [-0.25, -0.2) is 0 Å². The van der Waals surface area contributed by atoms with Gasteiger partial charge in [0.1, 0.15) is 0 Å². The number of aromatic amines is 1. The zero-order valence-corrected chi connectivity index (χ0v) is 14.8. The predicted molar refractivity (Wildman–Crippen MR) is 98.4 cm³/mol. The molecule has 1 aromatic carbocycles. The lowest BCUT2D eigenvalue weighted by Crippen LogP contribution is -2.40. The van der Waals surface area contributed by atoms with E-state index in [-0.39, 0.29) is 30.0 Å². The van der Waals surface area contributed by atoms with Crippen molar-refractivity contribution in [3.8, 4) is 0 Å². The van der Waals surface area contributed by atoms with Crippen LogP contribution < -0.4 is 11.1 Å². The molecule has 0 aliphatic carbocycles. The number of H-pyrrole nitrogens is 1. The van der Waals surface area contributed by atoms with E-state index in [1.165, 1.54) is 11.1 Å². The van der Waals surface area contributed by atoms with Gasteiger partial charge in [-0.2, -0.15) is 0 Å². The van der Waals surface area contributed by atoms with Gasteiger partial charge >= 0.3 is 0 Å². The number of para-hydroxylation sites is 1. The lowest BCUT2D eigenvalue weighted by atomic mass is 10.2. The van der Waals surface area contributed by atoms with Crippen LogP contribution in [0.1, 0.15) is 12.6 Å². The topological polar surface area (TPSA) is 75.4 Å². The minimum absolute atomic E-state index is 0. The zero-order valence-electron chi connectivity index (χ0n) is 12.4. The van der Waals surface area contributed by atoms with Crippen molar-refractivity contribution in [3.63, 3.8) is 0 Å². The maximum Gasteiger partial charge on any atom is 0.188 e. The molecule has 0 aliphatic rings. The third kappa shape index (κ3) is 5.55. The van der Waals surface area contributed by atoms with Crippen molar-refractivity contribution in [2.24, 2.45) is 10.7 Å². The summed E-state index contributed by atoms with van der Waals surface area (Å²) in [5, 5.41) is 4.31. The molecule has 2 rings (SSSR count). The summed E-state index contributed by atoms with van der Waals surface area (Å²) >= 11 is 0. The van der Waals surface area contributed by atoms with E-state index in [0.29, 0.717) is 19.1 Å². The van der Waals surface area contributed by atoms with Crippen LogP contribution in [-0.4, -0.2) is 37.2 Å². The Labute approximate surface area is 142 Å². The highest BCUT2D eigenvalue weighted by atomic mass is 127. The second-order valence-corrected chi connectivity index (χ2v) is 4.90. The largest absolute Gasteiger partial charge is 0.383 e. The lowest BCUT2D eigenvalue weighted by Gasteiger charge is -2.12. The number of nitrogens with two attached hydrogens (primary N) is 1. The van der Waals surface area contributed by atoms with Gasteiger partial charge in [0.25, 0.3) is 0 Å². The fourth-order valence-electron chi connectivity index (χ4n) is 2.15. The molecule has 0 bridgehead atoms. The molecule has 1 aromatic heterocycles. The molecule has 0 aliphatic heterocycles. The van der Waals surface area contributed by atoms with Crippen molar-refractivity contribution in [1.29, 1.82) is 0 Å². The van der Waals surface area contributed by atoms with E-state index < -0.39 is 0 Å². The Morgan fingerprint density at radius 1 is 1.43 bits per heavy atom. The summed E-state index contributed by atoms with van der Waals surface area (Å²) in [5.74, 6) is 0.464. The van der Waals surface area contributed by atoms with Gasteiger partial charge in [-0.05, 0) is 24.4 Å². The smallest absolute Gasteiger partial charge is 0.188 e. The molecule has 0 saturated carbocycles. The number of fused-ring (bicyclic) bond motifs is 1. The molecule has 1 atom stereocenters. The average Bonchev–Trinajstić information content (AvgIpc) is 2.81. The first-order valence-corrected chi connectivity index (χ1v) is 6.81. The van der Waals surface area contributed by atoms with Crippen molar-refractivity contribution in [2.75, 3.05) is 20.3 Å². The Bertz CT molecular complexity index is 549. The van der Waals surface area contributed by atoms with E-state index in [2.05, 4.69) is 33.5 Å². The van der Waals surface area contributed by atoms with Gasteiger partial charge in [-0.15, -0.1) is 24.0 Å². The van der Waals surface area contributed by atoms with Crippen LogP contribution in [0.4, 0.5) is 0 Å². The molecular weight excluding hydrogens is 379 g/mol. The van der Waals surface area contributed by atoms with Gasteiger partial charge < -0.3 is 20.8 Å². The number of aliphatic imine (C=N–C) groups is 1. The average molecular weight is 402 g/mol. The van der Waals surface area contributed by atoms with Gasteiger partial charge in [-0.1, -0.05) is 18.2 Å². The maximum absolute atomic E-state index is 5.82. The molecule has 0 fully saturated rings. The van der Waals surface area contributed by atoms with Crippen LogP contribution in [0.25, 0.3) is 10.9 Å². The number of benzene rings is 1. The minimum atomic E-state index is 0. The SMILES string of the molecule is COCC(C)NC(N)=NCCc1cc2ccccc2[nH]1.I. The number of hydrogen-bond donors (Lipinski definition) is 3. The Kier molecular flexibility index (Phi) is 7.52. The molecule has 6 heteroatoms. The zero-order chi connectivity index (χ0) is 14.4. The molecule has 0 amide bonds. The fourth-order valence-corrected chi connectivity index (χ4v) is 2.15. The first-order valence-electron chi connectivity index (χ1n) is 6.81. The summed E-state index contributed by atoms with van der Waals surface area (Å²) in [4.78, 5) is 7.70. The highest BCUT2D eigenvalue weighted by Gasteiger charge is 2.02. The molecule has 116 valence electrons. The minimum Gasteiger partial charge on any atom is -0.383 e. The van der Waals surface area contributed by atoms with Crippen LogP contribution in [0.2, 0.25) is 0 Å². The lowest BCUT2D eigenvalue weighted by molar-refractivity contribution is 0.179. The molecule has 4 N–H and O–H groups in total. The molecule has 1 heterocycles. The number of nitrogens with zero attached hydrogens (tertiary/aromatic N) is 1. The molecule has 0 radical (unpaired) electrons. The third-order valence-electron chi connectivity index (χ3n) is 3.06. The maximum atomic E-state index is 5.82. The van der Waals surface area contributed by atoms with Crippen LogP contribution in [0, 0.1) is 0 Å². The number of guanidine groups is 1. The van der Waals surface area contributed by atoms with Crippen LogP contribution in [0.3, 0.4) is 0 Å². The third-order valence-corrected chi connectivity index (χ3v) is 3.06. The molecular formula is C15H23IN4O. The van der Waals surface area contributed by atoms with Gasteiger partial charge in [0.15, 0.2) is 5.96 Å². The van der Waals surface area contributed by atoms with Crippen molar-refractivity contribution in [3.05, 3.63) is 36.0 Å². The predicted octanol–water partition coefficient (Wildman–Crippen LogP) is 2.27. The van der Waals surface area contributed by atoms with Gasteiger partial charge in [-0.3, -0.25) is 4.99 Å². The van der Waals surface area contributed by atoms with Gasteiger partial charge in [0, 0.05) is 37.3 Å². The van der Waals surface area contributed by atoms with E-state index in [9.17, 15) is 0 Å². The number of nitrogens with one attached hydrogen (secondary N) is 2. The molecule has 21 heavy (non-hydrogen) atoms. The molecule has 2 aromatic rings. The quantitative estimate of drug-likeness (QED) is 0.394. The highest BCUT2D eigenvalue weighted by Crippen LogP contribution is 2.14. The normalized spacial score (nSPS) is 13.0. The van der Waals surface area contributed by atoms with Crippen LogP contribution in [0.5, 0.6) is 0 Å². The second kappa shape index (κ2) is 8.89. The number of methoxy groups -OCH3 is 1. The number of hydrogen-bond acceptors (Lipinski definition) is 2. The standard InChI is InChI=1S/C15H22N4O.HI/c1-11(10-20-2)18-15(16)17-8-7-13-9-12-5-3-4-6-14(12)19-13;/h3-6,9,11,19H,7-8,10H2,1-2H3,(H3,16,17,18);1H. The van der Waals surface area contributed by atoms with Crippen LogP contribution in [-0.2, 0) is 11.2 Å². The molecule has 0 saturated heterocycles. The summed E-state index contributed by atoms with van der Waals surface area (Å²) in [6.07, 6.45) is 0.843. The Balaban J connectivity index is 0.00000220. The van der Waals surface area contributed by atoms with Crippen molar-refractivity contribution in [2.45, 2.75) is 19.4 Å². The van der Waals surface area contributed by atoms with E-state index in [0.717, 1.165) is 11.9 Å². The first-order chi connectivity index (χ1) is 9.69. The number of halogens is 1. The van der Waals surface area contributed by atoms with E-state index in [1.54, 1.807) is 7.11 Å². The summed E-state index contributed by atoms with van der Waals surface area (Å²) in [6, 6.07) is 10.6. The van der Waals surface area contributed by atoms with Gasteiger partial charge in [0.05, 0.1) is 6.61 Å². The second-order valence-electron chi connectivity index (χ2n) is 4.90. The summed E-state index contributed by atoms with van der Waals surface area (Å²) < 4.78 is 5.03. The van der Waals surface area contributed by atoms with Crippen LogP contribution in [0.15, 0.2) is 35.3 Å². The number of aromatic nitrogens is 1. The Morgan fingerprint density at radius 3 is 2.90 bits per heavy atom. The molecule has 1 unspecified atom stereocenters. The van der Waals surface area contributed by atoms with Gasteiger partial charge in [0.2, 0.25) is 0 Å². The number of ether oxygens (including phenoxy) is 1. The van der Waals surface area contributed by atoms with Crippen molar-refractivity contribution in [1.82, 2.24) is 10.3 Å². The highest BCUT2D eigenvalue weighted by molar-refractivity contribution is 14.0. The van der Waals surface area contributed by atoms with Crippen molar-refractivity contribution < 1.29 is 4.74 Å². The van der Waals surface area contributed by atoms with Crippen molar-refractivity contribution >= 4 is 40.8 Å². The number of rotatable bonds is 6. The van der Waals surface area contributed by atoms with E-state index in [4.69, 9.17) is 10.5 Å². The summed E-state index contributed by atoms with van der Waals surface area (Å²) in [5.41, 5.74) is 8.15.